The third-order valence-corrected chi connectivity index (χ3v) is 0. The molecule has 0 rings (SSSR count). The molecule has 5 heteroatoms. The van der Waals surface area contributed by atoms with Crippen molar-refractivity contribution in [3.8, 4) is 0 Å². The van der Waals surface area contributed by atoms with Crippen molar-refractivity contribution >= 4 is 23.1 Å². The topological polar surface area (TPSA) is 0 Å². The van der Waals surface area contributed by atoms with Crippen LogP contribution in [0.3, 0.4) is 0 Å². The van der Waals surface area contributed by atoms with Gasteiger partial charge in [-0.15, -0.1) is 0 Å². The maximum atomic E-state index is 0. The summed E-state index contributed by atoms with van der Waals surface area (Å²) in [4.78, 5) is 0. The van der Waals surface area contributed by atoms with Crippen LogP contribution in [0.2, 0.25) is 0 Å². The van der Waals surface area contributed by atoms with Gasteiger partial charge in [0.2, 0.25) is 0 Å². The molecule has 0 saturated heterocycles. The van der Waals surface area contributed by atoms with Crippen LogP contribution >= 0.6 is 0 Å². The molecular formula is H2Br3ClMg. The van der Waals surface area contributed by atoms with Gasteiger partial charge in [0.1, 0.15) is 0 Å². The van der Waals surface area contributed by atoms with Crippen LogP contribution in [-0.4, -0.2) is 23.1 Å². The molecule has 0 aromatic rings. The smallest absolute Gasteiger partial charge is 1.00 e. The van der Waals surface area contributed by atoms with E-state index in [4.69, 9.17) is 0 Å². The minimum atomic E-state index is 0. The zero-order valence-corrected chi connectivity index (χ0v) is 9.35. The molecule has 0 unspecified atom stereocenters. The van der Waals surface area contributed by atoms with E-state index in [0.29, 0.717) is 0 Å². The van der Waals surface area contributed by atoms with Crippen molar-refractivity contribution in [2.75, 3.05) is 0 Å². The third kappa shape index (κ3) is 21.1. The number of rotatable bonds is 0. The molecular weight excluding hydrogens is 299 g/mol. The maximum Gasteiger partial charge on any atom is 2.00 e. The molecule has 0 amide bonds. The van der Waals surface area contributed by atoms with Crippen molar-refractivity contribution in [3.63, 3.8) is 0 Å². The van der Waals surface area contributed by atoms with Crippen LogP contribution in [0.5, 0.6) is 0 Å². The molecule has 0 aliphatic rings. The Morgan fingerprint density at radius 2 is 0.600 bits per heavy atom. The molecule has 0 fully saturated rings. The molecule has 0 atom stereocenters. The summed E-state index contributed by atoms with van der Waals surface area (Å²) >= 11 is 0. The Kier molecular flexibility index (Phi) is 320. The number of hydrogen-bond donors (Lipinski definition) is 0. The van der Waals surface area contributed by atoms with Crippen LogP contribution in [-0.2, 0) is 0 Å². The molecule has 0 heterocycles. The normalized spacial score (nSPS) is 0. The minimum absolute atomic E-state index is 0. The first kappa shape index (κ1) is 50.8. The molecule has 0 nitrogen and oxygen atoms in total. The van der Waals surface area contributed by atoms with Crippen molar-refractivity contribution in [3.05, 3.63) is 0 Å². The van der Waals surface area contributed by atoms with E-state index in [2.05, 4.69) is 0 Å². The third-order valence-electron chi connectivity index (χ3n) is 0. The van der Waals surface area contributed by atoms with Gasteiger partial charge in [0.25, 0.3) is 0 Å². The van der Waals surface area contributed by atoms with E-state index in [1.54, 1.807) is 0 Å². The fraction of sp³-hybridized carbons (Fsp3) is 0. The molecule has 0 aliphatic heterocycles. The van der Waals surface area contributed by atoms with Crippen LogP contribution in [0.4, 0.5) is 0 Å². The molecule has 0 N–H and O–H groups in total. The molecule has 0 radical (unpaired) electrons. The molecule has 0 bridgehead atoms. The molecule has 0 aromatic heterocycles. The van der Waals surface area contributed by atoms with Crippen LogP contribution in [0.25, 0.3) is 0 Å². The van der Waals surface area contributed by atoms with Gasteiger partial charge in [-0.25, -0.2) is 0 Å². The van der Waals surface area contributed by atoms with E-state index in [1.807, 2.05) is 0 Å². The van der Waals surface area contributed by atoms with Gasteiger partial charge in [0, 0.05) is 0 Å². The fourth-order valence-electron chi connectivity index (χ4n) is 0. The average molecular weight is 301 g/mol. The monoisotopic (exact) mass is 298 g/mol. The second kappa shape index (κ2) is 31.5. The second-order valence-electron chi connectivity index (χ2n) is 0. The predicted molar refractivity (Wildman–Crippen MR) is 8.54 cm³/mol. The summed E-state index contributed by atoms with van der Waals surface area (Å²) in [6.45, 7) is 0. The first-order valence-corrected chi connectivity index (χ1v) is 0. The average Bonchev–Trinajstić information content (AvgIpc) is 0. The maximum absolute atomic E-state index is 0. The van der Waals surface area contributed by atoms with Crippen LogP contribution < -0.4 is 50.9 Å². The fourth-order valence-corrected chi connectivity index (χ4v) is 0. The van der Waals surface area contributed by atoms with E-state index >= 15 is 0 Å². The number of hydrogen-bond acceptors (Lipinski definition) is 0. The summed E-state index contributed by atoms with van der Waals surface area (Å²) in [7, 11) is 0. The Balaban J connectivity index is 0. The standard InChI is InChI=1S/3BrH.ClH2.Mg/h3*1H;1H2;/q;;;+1;+2/p-3. The molecule has 0 aromatic carbocycles. The Morgan fingerprint density at radius 3 is 0.600 bits per heavy atom. The summed E-state index contributed by atoms with van der Waals surface area (Å²) < 4.78 is 0. The van der Waals surface area contributed by atoms with Crippen molar-refractivity contribution < 1.29 is 63.4 Å². The van der Waals surface area contributed by atoms with Gasteiger partial charge < -0.3 is 50.9 Å². The Morgan fingerprint density at radius 1 is 0.600 bits per heavy atom. The molecule has 0 spiro atoms. The summed E-state index contributed by atoms with van der Waals surface area (Å²) in [5, 5.41) is 0. The van der Waals surface area contributed by atoms with E-state index in [1.165, 1.54) is 0 Å². The predicted octanol–water partition coefficient (Wildman–Crippen LogP) is -9.90. The quantitative estimate of drug-likeness (QED) is 0.390. The molecule has 0 aliphatic carbocycles. The van der Waals surface area contributed by atoms with Crippen LogP contribution in [0, 0.1) is 12.4 Å². The summed E-state index contributed by atoms with van der Waals surface area (Å²) in [5.74, 6) is 0. The van der Waals surface area contributed by atoms with E-state index in [-0.39, 0.29) is 86.4 Å². The Bertz CT molecular complexity index is 6.85. The summed E-state index contributed by atoms with van der Waals surface area (Å²) in [6, 6.07) is 0. The largest absolute Gasteiger partial charge is 2.00 e. The van der Waals surface area contributed by atoms with Gasteiger partial charge >= 0.3 is 23.1 Å². The zero-order valence-electron chi connectivity index (χ0n) is 2.29. The van der Waals surface area contributed by atoms with Gasteiger partial charge in [-0.3, -0.25) is 0 Å². The van der Waals surface area contributed by atoms with Crippen molar-refractivity contribution in [1.82, 2.24) is 0 Å². The van der Waals surface area contributed by atoms with Crippen LogP contribution in [0.15, 0.2) is 0 Å². The van der Waals surface area contributed by atoms with Crippen molar-refractivity contribution in [2.45, 2.75) is 0 Å². The Hall–Kier alpha value is 2.50. The second-order valence-corrected chi connectivity index (χ2v) is 0. The van der Waals surface area contributed by atoms with Gasteiger partial charge in [0.15, 0.2) is 0 Å². The minimum Gasteiger partial charge on any atom is -1.00 e. The summed E-state index contributed by atoms with van der Waals surface area (Å²) in [5.41, 5.74) is 0. The SMILES string of the molecule is [Br-].[Br-].[Br-].[ClH2+].[Mg+2]. The van der Waals surface area contributed by atoms with E-state index < -0.39 is 0 Å². The summed E-state index contributed by atoms with van der Waals surface area (Å²) in [6.07, 6.45) is 0. The van der Waals surface area contributed by atoms with E-state index in [0.717, 1.165) is 0 Å². The Labute approximate surface area is 85.3 Å². The molecule has 32 valence electrons. The molecule has 0 saturated carbocycles. The van der Waals surface area contributed by atoms with E-state index in [9.17, 15) is 0 Å². The van der Waals surface area contributed by atoms with Crippen molar-refractivity contribution in [1.29, 1.82) is 0 Å². The van der Waals surface area contributed by atoms with Gasteiger partial charge in [0.05, 0.1) is 12.4 Å². The first-order chi connectivity index (χ1) is 0. The number of halogens is 4. The van der Waals surface area contributed by atoms with Gasteiger partial charge in [-0.05, 0) is 0 Å². The van der Waals surface area contributed by atoms with Gasteiger partial charge in [-0.2, -0.15) is 0 Å². The zero-order chi connectivity index (χ0) is 0. The van der Waals surface area contributed by atoms with Gasteiger partial charge in [-0.1, -0.05) is 0 Å². The first-order valence-electron chi connectivity index (χ1n) is 0. The molecule has 5 heavy (non-hydrogen) atoms. The van der Waals surface area contributed by atoms with Crippen molar-refractivity contribution in [2.24, 2.45) is 0 Å². The van der Waals surface area contributed by atoms with Crippen LogP contribution in [0.1, 0.15) is 0 Å².